The Morgan fingerprint density at radius 2 is 1.77 bits per heavy atom. The molecule has 1 aliphatic heterocycles. The number of hydrogen-bond donors (Lipinski definition) is 0. The van der Waals surface area contributed by atoms with Gasteiger partial charge in [0.05, 0.1) is 5.69 Å². The SMILES string of the molecule is CCC[C@@H]1C(=O)N(c2c(C)cccc2C)C(C)=CN1C(C)=O. The first-order valence-corrected chi connectivity index (χ1v) is 7.76. The van der Waals surface area contributed by atoms with Gasteiger partial charge in [0.25, 0.3) is 5.91 Å². The fourth-order valence-corrected chi connectivity index (χ4v) is 3.08. The quantitative estimate of drug-likeness (QED) is 0.857. The molecule has 0 saturated heterocycles. The van der Waals surface area contributed by atoms with Crippen LogP contribution < -0.4 is 4.90 Å². The molecule has 4 nitrogen and oxygen atoms in total. The largest absolute Gasteiger partial charge is 0.305 e. The summed E-state index contributed by atoms with van der Waals surface area (Å²) in [6.45, 7) is 9.43. The van der Waals surface area contributed by atoms with Crippen molar-refractivity contribution in [3.8, 4) is 0 Å². The Labute approximate surface area is 132 Å². The fourth-order valence-electron chi connectivity index (χ4n) is 3.08. The summed E-state index contributed by atoms with van der Waals surface area (Å²) in [6, 6.07) is 5.60. The van der Waals surface area contributed by atoms with Crippen molar-refractivity contribution >= 4 is 17.5 Å². The maximum absolute atomic E-state index is 13.0. The molecule has 118 valence electrons. The lowest BCUT2D eigenvalue weighted by Gasteiger charge is -2.39. The van der Waals surface area contributed by atoms with E-state index in [9.17, 15) is 9.59 Å². The van der Waals surface area contributed by atoms with E-state index in [0.717, 1.165) is 28.9 Å². The maximum atomic E-state index is 13.0. The van der Waals surface area contributed by atoms with Crippen LogP contribution >= 0.6 is 0 Å². The summed E-state index contributed by atoms with van der Waals surface area (Å²) in [5.41, 5.74) is 3.84. The number of allylic oxidation sites excluding steroid dienone is 1. The van der Waals surface area contributed by atoms with Gasteiger partial charge in [0, 0.05) is 18.8 Å². The molecule has 0 N–H and O–H groups in total. The van der Waals surface area contributed by atoms with Gasteiger partial charge < -0.3 is 4.90 Å². The van der Waals surface area contributed by atoms with E-state index in [1.54, 1.807) is 16.0 Å². The number of carbonyl (C=O) groups excluding carboxylic acids is 2. The van der Waals surface area contributed by atoms with Crippen LogP contribution in [0.15, 0.2) is 30.1 Å². The van der Waals surface area contributed by atoms with E-state index in [0.29, 0.717) is 6.42 Å². The molecule has 0 spiro atoms. The number of benzene rings is 1. The topological polar surface area (TPSA) is 40.6 Å². The minimum atomic E-state index is -0.412. The number of amides is 2. The summed E-state index contributed by atoms with van der Waals surface area (Å²) in [5.74, 6) is -0.109. The number of hydrogen-bond acceptors (Lipinski definition) is 2. The molecule has 1 aromatic rings. The van der Waals surface area contributed by atoms with Crippen LogP contribution in [-0.4, -0.2) is 22.8 Å². The predicted molar refractivity (Wildman–Crippen MR) is 88.4 cm³/mol. The van der Waals surface area contributed by atoms with Gasteiger partial charge in [0.1, 0.15) is 6.04 Å². The minimum Gasteiger partial charge on any atom is -0.305 e. The average Bonchev–Trinajstić information content (AvgIpc) is 2.44. The highest BCUT2D eigenvalue weighted by Crippen LogP contribution is 2.32. The third kappa shape index (κ3) is 2.78. The lowest BCUT2D eigenvalue weighted by atomic mass is 10.0. The molecular formula is C18H24N2O2. The minimum absolute atomic E-state index is 0.0190. The van der Waals surface area contributed by atoms with Gasteiger partial charge in [-0.05, 0) is 38.3 Å². The molecule has 1 atom stereocenters. The fraction of sp³-hybridized carbons (Fsp3) is 0.444. The molecule has 2 rings (SSSR count). The Morgan fingerprint density at radius 3 is 2.27 bits per heavy atom. The van der Waals surface area contributed by atoms with E-state index in [1.807, 2.05) is 45.9 Å². The van der Waals surface area contributed by atoms with Crippen LogP contribution in [0.4, 0.5) is 5.69 Å². The molecule has 4 heteroatoms. The van der Waals surface area contributed by atoms with Gasteiger partial charge >= 0.3 is 0 Å². The molecule has 0 saturated carbocycles. The van der Waals surface area contributed by atoms with Crippen LogP contribution in [-0.2, 0) is 9.59 Å². The Balaban J connectivity index is 2.55. The third-order valence-corrected chi connectivity index (χ3v) is 4.11. The molecule has 0 radical (unpaired) electrons. The van der Waals surface area contributed by atoms with Crippen LogP contribution in [0.3, 0.4) is 0 Å². The van der Waals surface area contributed by atoms with E-state index >= 15 is 0 Å². The van der Waals surface area contributed by atoms with Crippen molar-refractivity contribution in [3.05, 3.63) is 41.2 Å². The summed E-state index contributed by atoms with van der Waals surface area (Å²) in [5, 5.41) is 0. The molecule has 0 unspecified atom stereocenters. The van der Waals surface area contributed by atoms with Gasteiger partial charge in [-0.25, -0.2) is 0 Å². The Kier molecular flexibility index (Phi) is 4.69. The van der Waals surface area contributed by atoms with Crippen molar-refractivity contribution < 1.29 is 9.59 Å². The molecule has 1 aromatic carbocycles. The lowest BCUT2D eigenvalue weighted by Crippen LogP contribution is -2.52. The molecule has 22 heavy (non-hydrogen) atoms. The number of carbonyl (C=O) groups is 2. The maximum Gasteiger partial charge on any atom is 0.254 e. The van der Waals surface area contributed by atoms with Gasteiger partial charge in [-0.15, -0.1) is 0 Å². The summed E-state index contributed by atoms with van der Waals surface area (Å²) in [4.78, 5) is 28.2. The van der Waals surface area contributed by atoms with Gasteiger partial charge in [0.2, 0.25) is 5.91 Å². The highest BCUT2D eigenvalue weighted by Gasteiger charge is 2.36. The van der Waals surface area contributed by atoms with Crippen LogP contribution in [0.1, 0.15) is 44.7 Å². The van der Waals surface area contributed by atoms with Crippen LogP contribution in [0.2, 0.25) is 0 Å². The van der Waals surface area contributed by atoms with Gasteiger partial charge in [-0.2, -0.15) is 0 Å². The molecule has 0 bridgehead atoms. The van der Waals surface area contributed by atoms with Crippen LogP contribution in [0.5, 0.6) is 0 Å². The third-order valence-electron chi connectivity index (χ3n) is 4.11. The lowest BCUT2D eigenvalue weighted by molar-refractivity contribution is -0.135. The smallest absolute Gasteiger partial charge is 0.254 e. The molecule has 2 amide bonds. The van der Waals surface area contributed by atoms with E-state index in [4.69, 9.17) is 0 Å². The first-order chi connectivity index (χ1) is 10.4. The second kappa shape index (κ2) is 6.34. The highest BCUT2D eigenvalue weighted by molar-refractivity contribution is 6.04. The van der Waals surface area contributed by atoms with Crippen molar-refractivity contribution in [2.75, 3.05) is 4.90 Å². The van der Waals surface area contributed by atoms with E-state index in [-0.39, 0.29) is 11.8 Å². The Bertz CT molecular complexity index is 614. The summed E-state index contributed by atoms with van der Waals surface area (Å²) < 4.78 is 0. The zero-order chi connectivity index (χ0) is 16.4. The van der Waals surface area contributed by atoms with Crippen LogP contribution in [0, 0.1) is 13.8 Å². The van der Waals surface area contributed by atoms with E-state index in [1.165, 1.54) is 6.92 Å². The number of para-hydroxylation sites is 1. The molecule has 1 aliphatic rings. The Hall–Kier alpha value is -2.10. The molecule has 1 heterocycles. The number of nitrogens with zero attached hydrogens (tertiary/aromatic N) is 2. The van der Waals surface area contributed by atoms with E-state index < -0.39 is 6.04 Å². The zero-order valence-electron chi connectivity index (χ0n) is 14.0. The van der Waals surface area contributed by atoms with Gasteiger partial charge in [-0.1, -0.05) is 31.5 Å². The summed E-state index contributed by atoms with van der Waals surface area (Å²) in [7, 11) is 0. The van der Waals surface area contributed by atoms with Crippen molar-refractivity contribution in [3.63, 3.8) is 0 Å². The first-order valence-electron chi connectivity index (χ1n) is 7.76. The molecule has 0 fully saturated rings. The number of rotatable bonds is 3. The second-order valence-corrected chi connectivity index (χ2v) is 5.92. The summed E-state index contributed by atoms with van der Waals surface area (Å²) >= 11 is 0. The second-order valence-electron chi connectivity index (χ2n) is 5.92. The van der Waals surface area contributed by atoms with Gasteiger partial charge in [-0.3, -0.25) is 14.5 Å². The normalized spacial score (nSPS) is 18.5. The Morgan fingerprint density at radius 1 is 1.18 bits per heavy atom. The van der Waals surface area contributed by atoms with E-state index in [2.05, 4.69) is 0 Å². The predicted octanol–water partition coefficient (Wildman–Crippen LogP) is 3.53. The number of anilines is 1. The standard InChI is InChI=1S/C18H24N2O2/c1-6-8-16-18(22)20(14(4)11-19(16)15(5)21)17-12(2)9-7-10-13(17)3/h7,9-11,16H,6,8H2,1-5H3/t16-/m1/s1. The zero-order valence-corrected chi connectivity index (χ0v) is 14.0. The van der Waals surface area contributed by atoms with Gasteiger partial charge in [0.15, 0.2) is 0 Å². The van der Waals surface area contributed by atoms with Crippen LogP contribution in [0.25, 0.3) is 0 Å². The average molecular weight is 300 g/mol. The van der Waals surface area contributed by atoms with Crippen molar-refractivity contribution in [1.82, 2.24) is 4.90 Å². The van der Waals surface area contributed by atoms with Crippen molar-refractivity contribution in [1.29, 1.82) is 0 Å². The molecular weight excluding hydrogens is 276 g/mol. The summed E-state index contributed by atoms with van der Waals surface area (Å²) in [6.07, 6.45) is 3.33. The molecule has 0 aliphatic carbocycles. The molecule has 0 aromatic heterocycles. The first kappa shape index (κ1) is 16.3. The van der Waals surface area contributed by atoms with Crippen molar-refractivity contribution in [2.24, 2.45) is 0 Å². The van der Waals surface area contributed by atoms with Crippen molar-refractivity contribution in [2.45, 2.75) is 53.5 Å². The monoisotopic (exact) mass is 300 g/mol. The number of aryl methyl sites for hydroxylation is 2. The highest BCUT2D eigenvalue weighted by atomic mass is 16.2.